The number of carbonyl (C=O) groups excluding carboxylic acids is 1. The molecule has 2 nitrogen and oxygen atoms in total. The molecule has 0 aliphatic carbocycles. The van der Waals surface area contributed by atoms with Gasteiger partial charge in [0, 0.05) is 17.4 Å². The van der Waals surface area contributed by atoms with Crippen LogP contribution >= 0.6 is 34.8 Å². The van der Waals surface area contributed by atoms with Crippen LogP contribution in [0.1, 0.15) is 16.8 Å². The third kappa shape index (κ3) is 3.90. The van der Waals surface area contributed by atoms with Crippen LogP contribution in [-0.4, -0.2) is 18.3 Å². The van der Waals surface area contributed by atoms with Gasteiger partial charge in [-0.15, -0.1) is 11.6 Å². The SMILES string of the molecule is O=C(NCCCCl)c1cc(Cl)ccc1Cl. The minimum absolute atomic E-state index is 0.229. The lowest BCUT2D eigenvalue weighted by Gasteiger charge is -2.05. The largest absolute Gasteiger partial charge is 0.352 e. The molecular formula is C10H10Cl3NO. The lowest BCUT2D eigenvalue weighted by atomic mass is 10.2. The predicted octanol–water partition coefficient (Wildman–Crippen LogP) is 3.35. The van der Waals surface area contributed by atoms with Crippen LogP contribution in [0.2, 0.25) is 10.0 Å². The molecule has 1 rings (SSSR count). The molecular weight excluding hydrogens is 256 g/mol. The summed E-state index contributed by atoms with van der Waals surface area (Å²) < 4.78 is 0. The van der Waals surface area contributed by atoms with E-state index >= 15 is 0 Å². The summed E-state index contributed by atoms with van der Waals surface area (Å²) in [6, 6.07) is 4.78. The highest BCUT2D eigenvalue weighted by Gasteiger charge is 2.09. The van der Waals surface area contributed by atoms with Crippen LogP contribution in [0.5, 0.6) is 0 Å². The first-order valence-electron chi connectivity index (χ1n) is 4.44. The second kappa shape index (κ2) is 6.21. The Kier molecular flexibility index (Phi) is 5.23. The topological polar surface area (TPSA) is 29.1 Å². The van der Waals surface area contributed by atoms with Crippen molar-refractivity contribution in [3.63, 3.8) is 0 Å². The second-order valence-electron chi connectivity index (χ2n) is 2.92. The minimum atomic E-state index is -0.229. The van der Waals surface area contributed by atoms with E-state index in [0.717, 1.165) is 6.42 Å². The smallest absolute Gasteiger partial charge is 0.252 e. The predicted molar refractivity (Wildman–Crippen MR) is 64.1 cm³/mol. The van der Waals surface area contributed by atoms with Gasteiger partial charge in [-0.05, 0) is 24.6 Å². The van der Waals surface area contributed by atoms with Crippen molar-refractivity contribution in [3.05, 3.63) is 33.8 Å². The normalized spacial score (nSPS) is 10.1. The molecule has 0 aliphatic heterocycles. The van der Waals surface area contributed by atoms with Gasteiger partial charge >= 0.3 is 0 Å². The van der Waals surface area contributed by atoms with E-state index < -0.39 is 0 Å². The zero-order valence-corrected chi connectivity index (χ0v) is 10.2. The van der Waals surface area contributed by atoms with E-state index in [1.807, 2.05) is 0 Å². The van der Waals surface area contributed by atoms with E-state index in [-0.39, 0.29) is 5.91 Å². The van der Waals surface area contributed by atoms with Crippen molar-refractivity contribution < 1.29 is 4.79 Å². The van der Waals surface area contributed by atoms with Gasteiger partial charge in [-0.2, -0.15) is 0 Å². The average molecular weight is 267 g/mol. The Morgan fingerprint density at radius 1 is 1.33 bits per heavy atom. The van der Waals surface area contributed by atoms with Crippen molar-refractivity contribution in [1.29, 1.82) is 0 Å². The van der Waals surface area contributed by atoms with Crippen molar-refractivity contribution in [2.24, 2.45) is 0 Å². The Balaban J connectivity index is 2.68. The Morgan fingerprint density at radius 2 is 2.07 bits per heavy atom. The molecule has 1 amide bonds. The monoisotopic (exact) mass is 265 g/mol. The summed E-state index contributed by atoms with van der Waals surface area (Å²) >= 11 is 17.1. The van der Waals surface area contributed by atoms with Gasteiger partial charge in [0.1, 0.15) is 0 Å². The summed E-state index contributed by atoms with van der Waals surface area (Å²) in [5.41, 5.74) is 0.388. The fourth-order valence-electron chi connectivity index (χ4n) is 1.04. The highest BCUT2D eigenvalue weighted by Crippen LogP contribution is 2.20. The molecule has 0 spiro atoms. The maximum absolute atomic E-state index is 11.6. The van der Waals surface area contributed by atoms with Crippen LogP contribution in [0.4, 0.5) is 0 Å². The van der Waals surface area contributed by atoms with Crippen LogP contribution < -0.4 is 5.32 Å². The van der Waals surface area contributed by atoms with Crippen LogP contribution in [0, 0.1) is 0 Å². The van der Waals surface area contributed by atoms with E-state index in [9.17, 15) is 4.79 Å². The maximum atomic E-state index is 11.6. The minimum Gasteiger partial charge on any atom is -0.352 e. The Bertz CT molecular complexity index is 355. The van der Waals surface area contributed by atoms with Crippen molar-refractivity contribution >= 4 is 40.7 Å². The number of carbonyl (C=O) groups is 1. The molecule has 1 aromatic carbocycles. The lowest BCUT2D eigenvalue weighted by molar-refractivity contribution is 0.0954. The highest BCUT2D eigenvalue weighted by molar-refractivity contribution is 6.35. The summed E-state index contributed by atoms with van der Waals surface area (Å²) in [5.74, 6) is 0.288. The number of amides is 1. The number of rotatable bonds is 4. The zero-order chi connectivity index (χ0) is 11.3. The second-order valence-corrected chi connectivity index (χ2v) is 4.14. The standard InChI is InChI=1S/C10H10Cl3NO/c11-4-1-5-14-10(15)8-6-7(12)2-3-9(8)13/h2-3,6H,1,4-5H2,(H,14,15). The summed E-state index contributed by atoms with van der Waals surface area (Å²) in [4.78, 5) is 11.6. The van der Waals surface area contributed by atoms with Gasteiger partial charge in [0.05, 0.1) is 10.6 Å². The van der Waals surface area contributed by atoms with Crippen molar-refractivity contribution in [1.82, 2.24) is 5.32 Å². The number of hydrogen-bond donors (Lipinski definition) is 1. The Hall–Kier alpha value is -0.440. The summed E-state index contributed by atoms with van der Waals surface area (Å²) in [6.07, 6.45) is 0.728. The third-order valence-corrected chi connectivity index (χ3v) is 2.60. The van der Waals surface area contributed by atoms with E-state index in [2.05, 4.69) is 5.32 Å². The molecule has 0 bridgehead atoms. The Labute approximate surface area is 104 Å². The van der Waals surface area contributed by atoms with Gasteiger partial charge in [-0.25, -0.2) is 0 Å². The van der Waals surface area contributed by atoms with Crippen LogP contribution in [0.3, 0.4) is 0 Å². The number of nitrogens with one attached hydrogen (secondary N) is 1. The number of alkyl halides is 1. The molecule has 15 heavy (non-hydrogen) atoms. The van der Waals surface area contributed by atoms with Gasteiger partial charge in [0.2, 0.25) is 0 Å². The molecule has 0 heterocycles. The molecule has 1 aromatic rings. The van der Waals surface area contributed by atoms with Crippen LogP contribution in [0.25, 0.3) is 0 Å². The van der Waals surface area contributed by atoms with Crippen molar-refractivity contribution in [3.8, 4) is 0 Å². The van der Waals surface area contributed by atoms with Gasteiger partial charge in [0.25, 0.3) is 5.91 Å². The van der Waals surface area contributed by atoms with Crippen molar-refractivity contribution in [2.75, 3.05) is 12.4 Å². The van der Waals surface area contributed by atoms with E-state index in [0.29, 0.717) is 28.0 Å². The van der Waals surface area contributed by atoms with Gasteiger partial charge in [-0.1, -0.05) is 23.2 Å². The lowest BCUT2D eigenvalue weighted by Crippen LogP contribution is -2.24. The number of benzene rings is 1. The van der Waals surface area contributed by atoms with Gasteiger partial charge in [0.15, 0.2) is 0 Å². The zero-order valence-electron chi connectivity index (χ0n) is 7.90. The molecule has 0 radical (unpaired) electrons. The highest BCUT2D eigenvalue weighted by atomic mass is 35.5. The third-order valence-electron chi connectivity index (χ3n) is 1.77. The van der Waals surface area contributed by atoms with E-state index in [1.54, 1.807) is 18.2 Å². The fraction of sp³-hybridized carbons (Fsp3) is 0.300. The molecule has 0 atom stereocenters. The number of halogens is 3. The molecule has 0 unspecified atom stereocenters. The molecule has 0 aromatic heterocycles. The van der Waals surface area contributed by atoms with Crippen LogP contribution in [0.15, 0.2) is 18.2 Å². The molecule has 0 saturated heterocycles. The first-order valence-corrected chi connectivity index (χ1v) is 5.73. The molecule has 0 saturated carbocycles. The summed E-state index contributed by atoms with van der Waals surface area (Å²) in [6.45, 7) is 0.533. The molecule has 82 valence electrons. The molecule has 0 aliphatic rings. The quantitative estimate of drug-likeness (QED) is 0.657. The molecule has 0 fully saturated rings. The fourth-order valence-corrected chi connectivity index (χ4v) is 1.54. The summed E-state index contributed by atoms with van der Waals surface area (Å²) in [5, 5.41) is 3.58. The molecule has 1 N–H and O–H groups in total. The summed E-state index contributed by atoms with van der Waals surface area (Å²) in [7, 11) is 0. The average Bonchev–Trinajstić information content (AvgIpc) is 2.22. The first-order chi connectivity index (χ1) is 7.15. The Morgan fingerprint density at radius 3 is 2.73 bits per heavy atom. The van der Waals surface area contributed by atoms with Gasteiger partial charge < -0.3 is 5.32 Å². The maximum Gasteiger partial charge on any atom is 0.252 e. The number of hydrogen-bond acceptors (Lipinski definition) is 1. The van der Waals surface area contributed by atoms with E-state index in [1.165, 1.54) is 0 Å². The first kappa shape index (κ1) is 12.6. The van der Waals surface area contributed by atoms with Gasteiger partial charge in [-0.3, -0.25) is 4.79 Å². The van der Waals surface area contributed by atoms with Crippen LogP contribution in [-0.2, 0) is 0 Å². The molecule has 5 heteroatoms. The van der Waals surface area contributed by atoms with E-state index in [4.69, 9.17) is 34.8 Å². The van der Waals surface area contributed by atoms with Crippen molar-refractivity contribution in [2.45, 2.75) is 6.42 Å².